The number of rotatable bonds is 1. The molecule has 0 atom stereocenters. The molecule has 1 aliphatic heterocycles. The van der Waals surface area contributed by atoms with E-state index in [1.165, 1.54) is 7.11 Å². The van der Waals surface area contributed by atoms with E-state index in [0.717, 1.165) is 24.3 Å². The van der Waals surface area contributed by atoms with Crippen molar-refractivity contribution in [2.24, 2.45) is 5.92 Å². The summed E-state index contributed by atoms with van der Waals surface area (Å²) < 4.78 is 4.64. The molecule has 1 rings (SSSR count). The molecule has 3 heteroatoms. The molecule has 2 nitrogen and oxygen atoms in total. The van der Waals surface area contributed by atoms with Gasteiger partial charge in [0.25, 0.3) is 0 Å². The first kappa shape index (κ1) is 7.92. The summed E-state index contributed by atoms with van der Waals surface area (Å²) >= 11 is 1.92. The van der Waals surface area contributed by atoms with E-state index < -0.39 is 0 Å². The number of methoxy groups -OCH3 is 1. The zero-order valence-corrected chi connectivity index (χ0v) is 6.95. The lowest BCUT2D eigenvalue weighted by Gasteiger charge is -2.18. The van der Waals surface area contributed by atoms with Gasteiger partial charge in [-0.15, -0.1) is 0 Å². The first-order chi connectivity index (χ1) is 4.84. The summed E-state index contributed by atoms with van der Waals surface area (Å²) in [5.41, 5.74) is 0. The summed E-state index contributed by atoms with van der Waals surface area (Å²) in [6, 6.07) is 0. The Hall–Kier alpha value is -0.180. The predicted molar refractivity (Wildman–Crippen MR) is 42.1 cm³/mol. The van der Waals surface area contributed by atoms with Gasteiger partial charge in [0.1, 0.15) is 0 Å². The highest BCUT2D eigenvalue weighted by atomic mass is 32.2. The average molecular weight is 160 g/mol. The average Bonchev–Trinajstić information content (AvgIpc) is 2.05. The van der Waals surface area contributed by atoms with Crippen LogP contribution in [0.4, 0.5) is 0 Å². The normalized spacial score (nSPS) is 20.5. The van der Waals surface area contributed by atoms with Gasteiger partial charge in [-0.25, -0.2) is 0 Å². The van der Waals surface area contributed by atoms with Crippen molar-refractivity contribution in [1.29, 1.82) is 0 Å². The highest BCUT2D eigenvalue weighted by Crippen LogP contribution is 2.23. The van der Waals surface area contributed by atoms with Crippen LogP contribution in [0.25, 0.3) is 0 Å². The van der Waals surface area contributed by atoms with E-state index in [0.29, 0.717) is 0 Å². The molecule has 0 aliphatic carbocycles. The maximum absolute atomic E-state index is 10.9. The molecule has 0 radical (unpaired) electrons. The lowest BCUT2D eigenvalue weighted by molar-refractivity contribution is -0.145. The van der Waals surface area contributed by atoms with E-state index in [9.17, 15) is 4.79 Å². The van der Waals surface area contributed by atoms with Crippen LogP contribution in [-0.4, -0.2) is 24.6 Å². The molecule has 0 saturated carbocycles. The van der Waals surface area contributed by atoms with Crippen LogP contribution in [0.15, 0.2) is 0 Å². The molecule has 1 heterocycles. The number of hydrogen-bond donors (Lipinski definition) is 0. The minimum Gasteiger partial charge on any atom is -0.469 e. The lowest BCUT2D eigenvalue weighted by atomic mass is 10.0. The van der Waals surface area contributed by atoms with Crippen LogP contribution in [0.3, 0.4) is 0 Å². The van der Waals surface area contributed by atoms with Gasteiger partial charge in [0.05, 0.1) is 13.0 Å². The van der Waals surface area contributed by atoms with E-state index in [4.69, 9.17) is 0 Å². The Balaban J connectivity index is 2.31. The van der Waals surface area contributed by atoms with E-state index in [1.807, 2.05) is 11.8 Å². The second-order valence-electron chi connectivity index (χ2n) is 2.41. The fraction of sp³-hybridized carbons (Fsp3) is 0.857. The number of esters is 1. The summed E-state index contributed by atoms with van der Waals surface area (Å²) in [5, 5.41) is 0. The number of carbonyl (C=O) groups excluding carboxylic acids is 1. The Morgan fingerprint density at radius 3 is 2.60 bits per heavy atom. The molecular formula is C7H12O2S. The van der Waals surface area contributed by atoms with Gasteiger partial charge in [-0.2, -0.15) is 11.8 Å². The maximum atomic E-state index is 10.9. The quantitative estimate of drug-likeness (QED) is 0.541. The molecule has 0 N–H and O–H groups in total. The first-order valence-electron chi connectivity index (χ1n) is 3.50. The Kier molecular flexibility index (Phi) is 3.06. The van der Waals surface area contributed by atoms with Crippen LogP contribution >= 0.6 is 11.8 Å². The van der Waals surface area contributed by atoms with Crippen molar-refractivity contribution in [3.8, 4) is 0 Å². The summed E-state index contributed by atoms with van der Waals surface area (Å²) in [6.45, 7) is 0. The van der Waals surface area contributed by atoms with Gasteiger partial charge >= 0.3 is 5.97 Å². The van der Waals surface area contributed by atoms with E-state index in [2.05, 4.69) is 4.74 Å². The van der Waals surface area contributed by atoms with Crippen LogP contribution in [0, 0.1) is 5.92 Å². The Morgan fingerprint density at radius 1 is 1.50 bits per heavy atom. The highest BCUT2D eigenvalue weighted by molar-refractivity contribution is 7.99. The third kappa shape index (κ3) is 1.90. The second kappa shape index (κ2) is 3.86. The van der Waals surface area contributed by atoms with Crippen molar-refractivity contribution in [2.45, 2.75) is 12.8 Å². The zero-order valence-electron chi connectivity index (χ0n) is 6.13. The topological polar surface area (TPSA) is 26.3 Å². The Bertz CT molecular complexity index is 119. The smallest absolute Gasteiger partial charge is 0.308 e. The SMILES string of the molecule is COC(=O)C1CCSCC1. The van der Waals surface area contributed by atoms with Gasteiger partial charge in [-0.1, -0.05) is 0 Å². The molecule has 0 bridgehead atoms. The van der Waals surface area contributed by atoms with Crippen molar-refractivity contribution >= 4 is 17.7 Å². The fourth-order valence-electron chi connectivity index (χ4n) is 1.10. The Morgan fingerprint density at radius 2 is 2.10 bits per heavy atom. The molecule has 58 valence electrons. The van der Waals surface area contributed by atoms with Crippen LogP contribution in [0.2, 0.25) is 0 Å². The van der Waals surface area contributed by atoms with Crippen molar-refractivity contribution in [3.05, 3.63) is 0 Å². The van der Waals surface area contributed by atoms with Gasteiger partial charge < -0.3 is 4.74 Å². The van der Waals surface area contributed by atoms with Crippen LogP contribution in [-0.2, 0) is 9.53 Å². The first-order valence-corrected chi connectivity index (χ1v) is 4.65. The largest absolute Gasteiger partial charge is 0.469 e. The van der Waals surface area contributed by atoms with Gasteiger partial charge in [0, 0.05) is 0 Å². The van der Waals surface area contributed by atoms with Gasteiger partial charge in [-0.05, 0) is 24.3 Å². The number of hydrogen-bond acceptors (Lipinski definition) is 3. The van der Waals surface area contributed by atoms with E-state index in [-0.39, 0.29) is 11.9 Å². The number of ether oxygens (including phenoxy) is 1. The fourth-order valence-corrected chi connectivity index (χ4v) is 2.21. The summed E-state index contributed by atoms with van der Waals surface area (Å²) in [4.78, 5) is 10.9. The number of thioether (sulfide) groups is 1. The molecule has 0 aromatic heterocycles. The van der Waals surface area contributed by atoms with Crippen LogP contribution in [0.1, 0.15) is 12.8 Å². The third-order valence-electron chi connectivity index (χ3n) is 1.76. The molecule has 0 aromatic carbocycles. The summed E-state index contributed by atoms with van der Waals surface area (Å²) in [7, 11) is 1.46. The van der Waals surface area contributed by atoms with Gasteiger partial charge in [0.2, 0.25) is 0 Å². The Labute approximate surface area is 65.3 Å². The molecule has 10 heavy (non-hydrogen) atoms. The van der Waals surface area contributed by atoms with Crippen molar-refractivity contribution in [3.63, 3.8) is 0 Å². The predicted octanol–water partition coefficient (Wildman–Crippen LogP) is 1.30. The summed E-state index contributed by atoms with van der Waals surface area (Å²) in [5.74, 6) is 2.38. The minimum atomic E-state index is -0.0275. The second-order valence-corrected chi connectivity index (χ2v) is 3.63. The maximum Gasteiger partial charge on any atom is 0.308 e. The number of carbonyl (C=O) groups is 1. The highest BCUT2D eigenvalue weighted by Gasteiger charge is 2.21. The van der Waals surface area contributed by atoms with Crippen LogP contribution in [0.5, 0.6) is 0 Å². The van der Waals surface area contributed by atoms with Gasteiger partial charge in [-0.3, -0.25) is 4.79 Å². The summed E-state index contributed by atoms with van der Waals surface area (Å²) in [6.07, 6.45) is 1.99. The van der Waals surface area contributed by atoms with E-state index in [1.54, 1.807) is 0 Å². The molecule has 1 saturated heterocycles. The monoisotopic (exact) mass is 160 g/mol. The van der Waals surface area contributed by atoms with E-state index >= 15 is 0 Å². The molecule has 0 amide bonds. The van der Waals surface area contributed by atoms with Crippen LogP contribution < -0.4 is 0 Å². The minimum absolute atomic E-state index is 0.0275. The van der Waals surface area contributed by atoms with Crippen molar-refractivity contribution in [2.75, 3.05) is 18.6 Å². The van der Waals surface area contributed by atoms with Gasteiger partial charge in [0.15, 0.2) is 0 Å². The zero-order chi connectivity index (χ0) is 7.40. The molecule has 1 fully saturated rings. The molecule has 1 aliphatic rings. The third-order valence-corrected chi connectivity index (χ3v) is 2.80. The van der Waals surface area contributed by atoms with Crippen molar-refractivity contribution < 1.29 is 9.53 Å². The van der Waals surface area contributed by atoms with Crippen molar-refractivity contribution in [1.82, 2.24) is 0 Å². The lowest BCUT2D eigenvalue weighted by Crippen LogP contribution is -2.20. The standard InChI is InChI=1S/C7H12O2S/c1-9-7(8)6-2-4-10-5-3-6/h6H,2-5H2,1H3. The molecule has 0 spiro atoms. The molecule has 0 aromatic rings. The molecular weight excluding hydrogens is 148 g/mol. The molecule has 0 unspecified atom stereocenters.